The number of ether oxygens (including phenoxy) is 1. The molecule has 2 aromatic carbocycles. The Morgan fingerprint density at radius 3 is 2.64 bits per heavy atom. The number of amides is 1. The largest absolute Gasteiger partial charge is 0.496 e. The number of anilines is 1. The summed E-state index contributed by atoms with van der Waals surface area (Å²) in [4.78, 5) is 12.2. The SMILES string of the molecule is COc1cc(C)c(/C=C2/C(=O)Nc3cc(Cl)ccc32)cc1C. The van der Waals surface area contributed by atoms with Crippen LogP contribution in [0.1, 0.15) is 22.3 Å². The number of hydrogen-bond acceptors (Lipinski definition) is 2. The van der Waals surface area contributed by atoms with Gasteiger partial charge in [0.2, 0.25) is 0 Å². The molecule has 0 radical (unpaired) electrons. The van der Waals surface area contributed by atoms with Gasteiger partial charge in [-0.3, -0.25) is 4.79 Å². The number of halogens is 1. The van der Waals surface area contributed by atoms with Crippen molar-refractivity contribution in [1.82, 2.24) is 0 Å². The number of aryl methyl sites for hydroxylation is 2. The van der Waals surface area contributed by atoms with Crippen molar-refractivity contribution in [3.8, 4) is 5.75 Å². The summed E-state index contributed by atoms with van der Waals surface area (Å²) in [5.41, 5.74) is 5.39. The summed E-state index contributed by atoms with van der Waals surface area (Å²) >= 11 is 5.97. The molecule has 3 rings (SSSR count). The van der Waals surface area contributed by atoms with Crippen molar-refractivity contribution in [3.63, 3.8) is 0 Å². The average molecular weight is 314 g/mol. The second kappa shape index (κ2) is 5.50. The minimum atomic E-state index is -0.106. The van der Waals surface area contributed by atoms with Gasteiger partial charge in [0, 0.05) is 16.2 Å². The van der Waals surface area contributed by atoms with Crippen molar-refractivity contribution in [2.24, 2.45) is 0 Å². The first kappa shape index (κ1) is 14.7. The minimum Gasteiger partial charge on any atom is -0.496 e. The lowest BCUT2D eigenvalue weighted by Gasteiger charge is -2.09. The molecule has 0 spiro atoms. The smallest absolute Gasteiger partial charge is 0.256 e. The van der Waals surface area contributed by atoms with Gasteiger partial charge in [0.25, 0.3) is 5.91 Å². The van der Waals surface area contributed by atoms with E-state index in [4.69, 9.17) is 16.3 Å². The number of carbonyl (C=O) groups is 1. The van der Waals surface area contributed by atoms with Crippen LogP contribution in [0.2, 0.25) is 5.02 Å². The highest BCUT2D eigenvalue weighted by molar-refractivity contribution is 6.36. The molecule has 0 atom stereocenters. The number of rotatable bonds is 2. The van der Waals surface area contributed by atoms with Gasteiger partial charge in [0.1, 0.15) is 5.75 Å². The van der Waals surface area contributed by atoms with Crippen LogP contribution in [0.4, 0.5) is 5.69 Å². The molecule has 1 aliphatic rings. The zero-order valence-corrected chi connectivity index (χ0v) is 13.4. The Balaban J connectivity index is 2.11. The third-order valence-electron chi connectivity index (χ3n) is 3.85. The van der Waals surface area contributed by atoms with Gasteiger partial charge in [0.05, 0.1) is 12.8 Å². The molecule has 1 N–H and O–H groups in total. The van der Waals surface area contributed by atoms with Gasteiger partial charge in [-0.25, -0.2) is 0 Å². The van der Waals surface area contributed by atoms with Crippen LogP contribution in [0.3, 0.4) is 0 Å². The number of carbonyl (C=O) groups excluding carboxylic acids is 1. The summed E-state index contributed by atoms with van der Waals surface area (Å²) in [7, 11) is 1.66. The lowest BCUT2D eigenvalue weighted by molar-refractivity contribution is -0.110. The predicted octanol–water partition coefficient (Wildman–Crippen LogP) is 4.46. The topological polar surface area (TPSA) is 38.3 Å². The Labute approximate surface area is 134 Å². The molecule has 112 valence electrons. The van der Waals surface area contributed by atoms with E-state index in [1.54, 1.807) is 19.2 Å². The van der Waals surface area contributed by atoms with E-state index < -0.39 is 0 Å². The fourth-order valence-corrected chi connectivity index (χ4v) is 2.83. The second-order valence-corrected chi connectivity index (χ2v) is 5.82. The Morgan fingerprint density at radius 2 is 1.91 bits per heavy atom. The van der Waals surface area contributed by atoms with Crippen molar-refractivity contribution in [3.05, 3.63) is 57.6 Å². The minimum absolute atomic E-state index is 0.106. The summed E-state index contributed by atoms with van der Waals surface area (Å²) in [5.74, 6) is 0.743. The summed E-state index contributed by atoms with van der Waals surface area (Å²) in [6.07, 6.45) is 1.91. The third kappa shape index (κ3) is 2.48. The molecular formula is C18H16ClNO2. The molecule has 1 amide bonds. The number of benzene rings is 2. The van der Waals surface area contributed by atoms with E-state index in [-0.39, 0.29) is 5.91 Å². The fourth-order valence-electron chi connectivity index (χ4n) is 2.65. The maximum absolute atomic E-state index is 12.2. The fraction of sp³-hybridized carbons (Fsp3) is 0.167. The zero-order chi connectivity index (χ0) is 15.9. The molecule has 1 heterocycles. The van der Waals surface area contributed by atoms with Crippen LogP contribution in [0.25, 0.3) is 11.6 Å². The van der Waals surface area contributed by atoms with Gasteiger partial charge >= 0.3 is 0 Å². The summed E-state index contributed by atoms with van der Waals surface area (Å²) < 4.78 is 5.33. The first-order chi connectivity index (χ1) is 10.5. The number of methoxy groups -OCH3 is 1. The molecule has 3 nitrogen and oxygen atoms in total. The van der Waals surface area contributed by atoms with Crippen LogP contribution >= 0.6 is 11.6 Å². The lowest BCUT2D eigenvalue weighted by atomic mass is 9.99. The van der Waals surface area contributed by atoms with E-state index >= 15 is 0 Å². The van der Waals surface area contributed by atoms with Crippen molar-refractivity contribution < 1.29 is 9.53 Å². The van der Waals surface area contributed by atoms with Crippen LogP contribution in [0.15, 0.2) is 30.3 Å². The van der Waals surface area contributed by atoms with E-state index in [0.717, 1.165) is 33.7 Å². The molecule has 0 fully saturated rings. The normalized spacial score (nSPS) is 14.9. The lowest BCUT2D eigenvalue weighted by Crippen LogP contribution is -2.03. The maximum atomic E-state index is 12.2. The number of fused-ring (bicyclic) bond motifs is 1. The molecule has 4 heteroatoms. The van der Waals surface area contributed by atoms with Crippen LogP contribution in [-0.4, -0.2) is 13.0 Å². The van der Waals surface area contributed by atoms with E-state index in [1.165, 1.54) is 0 Å². The second-order valence-electron chi connectivity index (χ2n) is 5.38. The summed E-state index contributed by atoms with van der Waals surface area (Å²) in [6.45, 7) is 3.99. The van der Waals surface area contributed by atoms with Crippen molar-refractivity contribution in [1.29, 1.82) is 0 Å². The highest BCUT2D eigenvalue weighted by Gasteiger charge is 2.24. The van der Waals surface area contributed by atoms with Gasteiger partial charge in [-0.2, -0.15) is 0 Å². The van der Waals surface area contributed by atoms with Gasteiger partial charge in [-0.1, -0.05) is 17.7 Å². The van der Waals surface area contributed by atoms with Crippen LogP contribution < -0.4 is 10.1 Å². The van der Waals surface area contributed by atoms with E-state index in [9.17, 15) is 4.79 Å². The Bertz CT molecular complexity index is 809. The summed E-state index contributed by atoms with van der Waals surface area (Å²) in [6, 6.07) is 9.44. The van der Waals surface area contributed by atoms with E-state index in [1.807, 2.05) is 38.1 Å². The van der Waals surface area contributed by atoms with Gasteiger partial charge in [-0.15, -0.1) is 0 Å². The highest BCUT2D eigenvalue weighted by Crippen LogP contribution is 2.35. The van der Waals surface area contributed by atoms with Crippen LogP contribution in [0.5, 0.6) is 5.75 Å². The van der Waals surface area contributed by atoms with Gasteiger partial charge in [-0.05, 0) is 60.9 Å². The Hall–Kier alpha value is -2.26. The molecule has 0 aromatic heterocycles. The molecule has 0 bridgehead atoms. The van der Waals surface area contributed by atoms with Crippen molar-refractivity contribution in [2.45, 2.75) is 13.8 Å². The molecule has 2 aromatic rings. The maximum Gasteiger partial charge on any atom is 0.256 e. The molecule has 22 heavy (non-hydrogen) atoms. The Kier molecular flexibility index (Phi) is 3.67. The molecule has 0 saturated heterocycles. The average Bonchev–Trinajstić information content (AvgIpc) is 2.77. The number of nitrogens with one attached hydrogen (secondary N) is 1. The molecule has 0 unspecified atom stereocenters. The van der Waals surface area contributed by atoms with E-state index in [0.29, 0.717) is 10.6 Å². The van der Waals surface area contributed by atoms with E-state index in [2.05, 4.69) is 5.32 Å². The predicted molar refractivity (Wildman–Crippen MR) is 90.4 cm³/mol. The number of hydrogen-bond donors (Lipinski definition) is 1. The van der Waals surface area contributed by atoms with Gasteiger partial charge < -0.3 is 10.1 Å². The molecular weight excluding hydrogens is 298 g/mol. The first-order valence-corrected chi connectivity index (χ1v) is 7.35. The molecule has 0 saturated carbocycles. The molecule has 1 aliphatic heterocycles. The van der Waals surface area contributed by atoms with Crippen LogP contribution in [-0.2, 0) is 4.79 Å². The monoisotopic (exact) mass is 313 g/mol. The standard InChI is InChI=1S/C18H16ClNO2/c1-10-7-17(22-3)11(2)6-12(10)8-15-14-5-4-13(19)9-16(14)20-18(15)21/h4-9H,1-3H3,(H,20,21)/b15-8+. The van der Waals surface area contributed by atoms with Gasteiger partial charge in [0.15, 0.2) is 0 Å². The zero-order valence-electron chi connectivity index (χ0n) is 12.7. The quantitative estimate of drug-likeness (QED) is 0.831. The molecule has 0 aliphatic carbocycles. The van der Waals surface area contributed by atoms with Crippen LogP contribution in [0, 0.1) is 13.8 Å². The van der Waals surface area contributed by atoms with Crippen molar-refractivity contribution >= 4 is 34.8 Å². The Morgan fingerprint density at radius 1 is 1.14 bits per heavy atom. The third-order valence-corrected chi connectivity index (χ3v) is 4.08. The highest BCUT2D eigenvalue weighted by atomic mass is 35.5. The summed E-state index contributed by atoms with van der Waals surface area (Å²) in [5, 5.41) is 3.46. The van der Waals surface area contributed by atoms with Crippen molar-refractivity contribution in [2.75, 3.05) is 12.4 Å². The first-order valence-electron chi connectivity index (χ1n) is 6.98.